The minimum atomic E-state index is -1.20. The van der Waals surface area contributed by atoms with Crippen LogP contribution in [0.5, 0.6) is 5.75 Å². The molecule has 1 aromatic heterocycles. The van der Waals surface area contributed by atoms with Gasteiger partial charge in [-0.1, -0.05) is 12.1 Å². The lowest BCUT2D eigenvalue weighted by atomic mass is 10.0. The number of nitrogens with one attached hydrogen (secondary N) is 1. The second kappa shape index (κ2) is 6.08. The summed E-state index contributed by atoms with van der Waals surface area (Å²) in [7, 11) is 1.53. The van der Waals surface area contributed by atoms with Gasteiger partial charge in [0.1, 0.15) is 5.75 Å². The van der Waals surface area contributed by atoms with Gasteiger partial charge < -0.3 is 14.6 Å². The molecule has 0 atom stereocenters. The van der Waals surface area contributed by atoms with E-state index in [4.69, 9.17) is 9.47 Å². The van der Waals surface area contributed by atoms with E-state index in [0.29, 0.717) is 11.3 Å². The van der Waals surface area contributed by atoms with Gasteiger partial charge >= 0.3 is 11.9 Å². The van der Waals surface area contributed by atoms with E-state index in [1.54, 1.807) is 31.2 Å². The lowest BCUT2D eigenvalue weighted by molar-refractivity contribution is 0.0520. The average molecular weight is 290 g/mol. The molecule has 0 unspecified atom stereocenters. The standard InChI is InChI=1S/C14H14N2O5/c1-3-21-14(19)12-10(11(13(17)18)15-16-12)8-4-6-9(20-2)7-5-8/h4-7H,3H2,1-2H3,(H,15,16)(H,17,18). The summed E-state index contributed by atoms with van der Waals surface area (Å²) >= 11 is 0. The number of carbonyl (C=O) groups excluding carboxylic acids is 1. The zero-order valence-electron chi connectivity index (χ0n) is 11.5. The third-order valence-electron chi connectivity index (χ3n) is 2.83. The van der Waals surface area contributed by atoms with Crippen LogP contribution in [-0.4, -0.2) is 41.0 Å². The summed E-state index contributed by atoms with van der Waals surface area (Å²) in [5.41, 5.74) is 0.510. The van der Waals surface area contributed by atoms with Crippen LogP contribution in [0.25, 0.3) is 11.1 Å². The zero-order valence-corrected chi connectivity index (χ0v) is 11.5. The number of hydrogen-bond acceptors (Lipinski definition) is 5. The lowest BCUT2D eigenvalue weighted by Crippen LogP contribution is -2.07. The smallest absolute Gasteiger partial charge is 0.359 e. The summed E-state index contributed by atoms with van der Waals surface area (Å²) in [5.74, 6) is -1.26. The maximum atomic E-state index is 11.9. The van der Waals surface area contributed by atoms with Crippen LogP contribution < -0.4 is 4.74 Å². The number of H-pyrrole nitrogens is 1. The number of esters is 1. The van der Waals surface area contributed by atoms with Crippen LogP contribution in [0.1, 0.15) is 27.9 Å². The Morgan fingerprint density at radius 2 is 1.95 bits per heavy atom. The number of aromatic carboxylic acids is 1. The van der Waals surface area contributed by atoms with Crippen LogP contribution in [0.2, 0.25) is 0 Å². The van der Waals surface area contributed by atoms with E-state index in [0.717, 1.165) is 0 Å². The highest BCUT2D eigenvalue weighted by atomic mass is 16.5. The largest absolute Gasteiger partial charge is 0.497 e. The predicted molar refractivity (Wildman–Crippen MR) is 73.5 cm³/mol. The number of ether oxygens (including phenoxy) is 2. The Morgan fingerprint density at radius 3 is 2.48 bits per heavy atom. The molecule has 0 saturated heterocycles. The number of aromatic nitrogens is 2. The topological polar surface area (TPSA) is 102 Å². The van der Waals surface area contributed by atoms with E-state index in [2.05, 4.69) is 10.2 Å². The molecule has 1 aromatic carbocycles. The SMILES string of the molecule is CCOC(=O)c1n[nH]c(C(=O)O)c1-c1ccc(OC)cc1. The second-order valence-corrected chi connectivity index (χ2v) is 4.08. The minimum absolute atomic E-state index is 0.0561. The molecule has 2 N–H and O–H groups in total. The average Bonchev–Trinajstić information content (AvgIpc) is 2.92. The molecule has 21 heavy (non-hydrogen) atoms. The fraction of sp³-hybridized carbons (Fsp3) is 0.214. The van der Waals surface area contributed by atoms with Crippen molar-refractivity contribution >= 4 is 11.9 Å². The molecule has 0 fully saturated rings. The summed E-state index contributed by atoms with van der Waals surface area (Å²) in [5, 5.41) is 15.3. The van der Waals surface area contributed by atoms with Gasteiger partial charge in [-0.05, 0) is 24.6 Å². The van der Waals surface area contributed by atoms with Gasteiger partial charge in [-0.15, -0.1) is 0 Å². The van der Waals surface area contributed by atoms with Crippen molar-refractivity contribution in [3.05, 3.63) is 35.7 Å². The minimum Gasteiger partial charge on any atom is -0.497 e. The molecule has 0 saturated carbocycles. The quantitative estimate of drug-likeness (QED) is 0.816. The Labute approximate surface area is 120 Å². The van der Waals surface area contributed by atoms with Crippen molar-refractivity contribution in [2.75, 3.05) is 13.7 Å². The van der Waals surface area contributed by atoms with Crippen molar-refractivity contribution in [1.82, 2.24) is 10.2 Å². The fourth-order valence-electron chi connectivity index (χ4n) is 1.88. The molecular weight excluding hydrogens is 276 g/mol. The zero-order chi connectivity index (χ0) is 15.4. The number of nitrogens with zero attached hydrogens (tertiary/aromatic N) is 1. The molecule has 2 aromatic rings. The molecule has 0 bridgehead atoms. The van der Waals surface area contributed by atoms with Crippen molar-refractivity contribution in [2.24, 2.45) is 0 Å². The molecule has 0 spiro atoms. The van der Waals surface area contributed by atoms with Gasteiger partial charge in [0.2, 0.25) is 0 Å². The third-order valence-corrected chi connectivity index (χ3v) is 2.83. The van der Waals surface area contributed by atoms with E-state index in [1.165, 1.54) is 7.11 Å². The van der Waals surface area contributed by atoms with E-state index in [1.807, 2.05) is 0 Å². The summed E-state index contributed by atoms with van der Waals surface area (Å²) in [4.78, 5) is 23.1. The molecule has 1 heterocycles. The molecule has 0 radical (unpaired) electrons. The molecule has 7 heteroatoms. The highest BCUT2D eigenvalue weighted by molar-refractivity contribution is 6.03. The highest BCUT2D eigenvalue weighted by Crippen LogP contribution is 2.28. The lowest BCUT2D eigenvalue weighted by Gasteiger charge is -2.05. The third kappa shape index (κ3) is 2.86. The Hall–Kier alpha value is -2.83. The molecule has 0 aliphatic carbocycles. The van der Waals surface area contributed by atoms with Gasteiger partial charge in [-0.3, -0.25) is 5.10 Å². The molecule has 7 nitrogen and oxygen atoms in total. The molecule has 2 rings (SSSR count). The Balaban J connectivity index is 2.54. The van der Waals surface area contributed by atoms with Crippen molar-refractivity contribution in [2.45, 2.75) is 6.92 Å². The first-order chi connectivity index (χ1) is 10.1. The van der Waals surface area contributed by atoms with Crippen LogP contribution in [-0.2, 0) is 4.74 Å². The molecule has 0 amide bonds. The number of carboxylic acid groups (broad SMARTS) is 1. The summed E-state index contributed by atoms with van der Waals surface area (Å²) in [6.45, 7) is 1.84. The molecule has 0 aliphatic rings. The van der Waals surface area contributed by atoms with Crippen molar-refractivity contribution in [3.63, 3.8) is 0 Å². The van der Waals surface area contributed by atoms with E-state index < -0.39 is 11.9 Å². The predicted octanol–water partition coefficient (Wildman–Crippen LogP) is 1.96. The maximum absolute atomic E-state index is 11.9. The van der Waals surface area contributed by atoms with E-state index >= 15 is 0 Å². The summed E-state index contributed by atoms with van der Waals surface area (Å²) in [6.07, 6.45) is 0. The Kier molecular flexibility index (Phi) is 4.22. The number of rotatable bonds is 5. The monoisotopic (exact) mass is 290 g/mol. The fourth-order valence-corrected chi connectivity index (χ4v) is 1.88. The summed E-state index contributed by atoms with van der Waals surface area (Å²) < 4.78 is 9.94. The Morgan fingerprint density at radius 1 is 1.29 bits per heavy atom. The van der Waals surface area contributed by atoms with Gasteiger partial charge in [0.25, 0.3) is 0 Å². The maximum Gasteiger partial charge on any atom is 0.359 e. The number of aromatic amines is 1. The number of hydrogen-bond donors (Lipinski definition) is 2. The first kappa shape index (κ1) is 14.6. The van der Waals surface area contributed by atoms with Gasteiger partial charge in [0, 0.05) is 5.56 Å². The van der Waals surface area contributed by atoms with Gasteiger partial charge in [-0.2, -0.15) is 5.10 Å². The normalized spacial score (nSPS) is 10.2. The number of benzene rings is 1. The highest BCUT2D eigenvalue weighted by Gasteiger charge is 2.25. The van der Waals surface area contributed by atoms with Crippen LogP contribution in [0, 0.1) is 0 Å². The van der Waals surface area contributed by atoms with Crippen molar-refractivity contribution < 1.29 is 24.2 Å². The number of carboxylic acids is 1. The van der Waals surface area contributed by atoms with Gasteiger partial charge in [0.15, 0.2) is 11.4 Å². The Bertz CT molecular complexity index is 661. The van der Waals surface area contributed by atoms with Crippen LogP contribution in [0.15, 0.2) is 24.3 Å². The number of carbonyl (C=O) groups is 2. The molecule has 110 valence electrons. The summed E-state index contributed by atoms with van der Waals surface area (Å²) in [6, 6.07) is 6.64. The van der Waals surface area contributed by atoms with E-state index in [9.17, 15) is 14.7 Å². The van der Waals surface area contributed by atoms with Crippen LogP contribution >= 0.6 is 0 Å². The van der Waals surface area contributed by atoms with Gasteiger partial charge in [-0.25, -0.2) is 9.59 Å². The molecule has 0 aliphatic heterocycles. The van der Waals surface area contributed by atoms with E-state index in [-0.39, 0.29) is 23.6 Å². The first-order valence-corrected chi connectivity index (χ1v) is 6.21. The van der Waals surface area contributed by atoms with Crippen molar-refractivity contribution in [1.29, 1.82) is 0 Å². The van der Waals surface area contributed by atoms with Crippen LogP contribution in [0.4, 0.5) is 0 Å². The first-order valence-electron chi connectivity index (χ1n) is 6.21. The molecular formula is C14H14N2O5. The second-order valence-electron chi connectivity index (χ2n) is 4.08. The number of methoxy groups -OCH3 is 1. The van der Waals surface area contributed by atoms with Crippen molar-refractivity contribution in [3.8, 4) is 16.9 Å². The van der Waals surface area contributed by atoms with Crippen LogP contribution in [0.3, 0.4) is 0 Å². The van der Waals surface area contributed by atoms with Gasteiger partial charge in [0.05, 0.1) is 13.7 Å².